The summed E-state index contributed by atoms with van der Waals surface area (Å²) in [7, 11) is 0. The molecule has 0 fully saturated rings. The maximum absolute atomic E-state index is 13.5. The lowest BCUT2D eigenvalue weighted by Crippen LogP contribution is -2.28. The number of rotatable bonds is 3. The summed E-state index contributed by atoms with van der Waals surface area (Å²) in [4.78, 5) is 0. The fraction of sp³-hybridized carbons (Fsp3) is 0.0833. The monoisotopic (exact) mass is 346 g/mol. The van der Waals surface area contributed by atoms with Gasteiger partial charge in [0, 0.05) is 10.5 Å². The summed E-state index contributed by atoms with van der Waals surface area (Å²) in [5.41, 5.74) is 0.0818. The lowest BCUT2D eigenvalue weighted by atomic mass is 10.3. The van der Waals surface area contributed by atoms with Crippen LogP contribution in [0.3, 0.4) is 0 Å². The standard InChI is InChI=1S/C12H9BrF2N2OS/c13-9-4-7(14)5-10(15)11(9)17-12(19)16-6-8-2-1-3-18-8/h1-5H,6H2,(H2,16,17,19). The molecule has 0 aliphatic rings. The topological polar surface area (TPSA) is 37.2 Å². The first-order valence-corrected chi connectivity index (χ1v) is 6.48. The van der Waals surface area contributed by atoms with Crippen molar-refractivity contribution in [3.63, 3.8) is 0 Å². The third kappa shape index (κ3) is 3.74. The van der Waals surface area contributed by atoms with E-state index in [0.717, 1.165) is 12.1 Å². The highest BCUT2D eigenvalue weighted by Crippen LogP contribution is 2.26. The van der Waals surface area contributed by atoms with Gasteiger partial charge in [0.25, 0.3) is 0 Å². The van der Waals surface area contributed by atoms with Crippen LogP contribution in [0.15, 0.2) is 39.4 Å². The van der Waals surface area contributed by atoms with Crippen molar-refractivity contribution in [3.8, 4) is 0 Å². The zero-order chi connectivity index (χ0) is 13.8. The molecule has 0 saturated heterocycles. The normalized spacial score (nSPS) is 10.3. The average molecular weight is 347 g/mol. The third-order valence-corrected chi connectivity index (χ3v) is 3.12. The number of nitrogens with one attached hydrogen (secondary N) is 2. The first kappa shape index (κ1) is 14.0. The molecule has 1 aromatic heterocycles. The van der Waals surface area contributed by atoms with E-state index in [9.17, 15) is 8.78 Å². The van der Waals surface area contributed by atoms with Crippen LogP contribution in [0.5, 0.6) is 0 Å². The zero-order valence-electron chi connectivity index (χ0n) is 9.54. The Labute approximate surface area is 122 Å². The number of hydrogen-bond donors (Lipinski definition) is 2. The Morgan fingerprint density at radius 3 is 2.79 bits per heavy atom. The van der Waals surface area contributed by atoms with Gasteiger partial charge in [-0.2, -0.15) is 0 Å². The Balaban J connectivity index is 1.99. The second kappa shape index (κ2) is 6.12. The van der Waals surface area contributed by atoms with Gasteiger partial charge < -0.3 is 15.1 Å². The third-order valence-electron chi connectivity index (χ3n) is 2.25. The van der Waals surface area contributed by atoms with Crippen LogP contribution < -0.4 is 10.6 Å². The quantitative estimate of drug-likeness (QED) is 0.828. The molecule has 0 aliphatic carbocycles. The maximum Gasteiger partial charge on any atom is 0.171 e. The molecule has 0 amide bonds. The lowest BCUT2D eigenvalue weighted by Gasteiger charge is -2.12. The number of anilines is 1. The van der Waals surface area contributed by atoms with Crippen molar-refractivity contribution in [3.05, 3.63) is 52.4 Å². The van der Waals surface area contributed by atoms with Gasteiger partial charge >= 0.3 is 0 Å². The molecule has 7 heteroatoms. The highest BCUT2D eigenvalue weighted by atomic mass is 79.9. The van der Waals surface area contributed by atoms with Crippen molar-refractivity contribution in [2.75, 3.05) is 5.32 Å². The molecule has 0 radical (unpaired) electrons. The maximum atomic E-state index is 13.5. The van der Waals surface area contributed by atoms with Gasteiger partial charge in [0.05, 0.1) is 18.5 Å². The number of benzene rings is 1. The molecular formula is C12H9BrF2N2OS. The van der Waals surface area contributed by atoms with Gasteiger partial charge in [-0.1, -0.05) is 0 Å². The number of halogens is 3. The molecule has 3 nitrogen and oxygen atoms in total. The van der Waals surface area contributed by atoms with E-state index in [1.165, 1.54) is 0 Å². The molecule has 0 bridgehead atoms. The van der Waals surface area contributed by atoms with Crippen LogP contribution in [0, 0.1) is 11.6 Å². The summed E-state index contributed by atoms with van der Waals surface area (Å²) in [5, 5.41) is 5.72. The Kier molecular flexibility index (Phi) is 4.49. The predicted octanol–water partition coefficient (Wildman–Crippen LogP) is 3.81. The van der Waals surface area contributed by atoms with E-state index >= 15 is 0 Å². The zero-order valence-corrected chi connectivity index (χ0v) is 11.9. The summed E-state index contributed by atoms with van der Waals surface area (Å²) in [6.07, 6.45) is 1.55. The predicted molar refractivity (Wildman–Crippen MR) is 75.8 cm³/mol. The molecule has 0 spiro atoms. The van der Waals surface area contributed by atoms with Gasteiger partial charge in [0.2, 0.25) is 0 Å². The van der Waals surface area contributed by atoms with Crippen molar-refractivity contribution in [2.24, 2.45) is 0 Å². The molecule has 2 rings (SSSR count). The van der Waals surface area contributed by atoms with E-state index in [1.54, 1.807) is 18.4 Å². The molecule has 0 atom stereocenters. The lowest BCUT2D eigenvalue weighted by molar-refractivity contribution is 0.503. The van der Waals surface area contributed by atoms with Gasteiger partial charge in [-0.05, 0) is 46.3 Å². The first-order valence-electron chi connectivity index (χ1n) is 5.28. The van der Waals surface area contributed by atoms with Crippen LogP contribution in [-0.2, 0) is 6.54 Å². The smallest absolute Gasteiger partial charge is 0.171 e. The highest BCUT2D eigenvalue weighted by Gasteiger charge is 2.11. The molecule has 1 aromatic carbocycles. The Morgan fingerprint density at radius 2 is 2.16 bits per heavy atom. The molecular weight excluding hydrogens is 338 g/mol. The Hall–Kier alpha value is -1.47. The fourth-order valence-corrected chi connectivity index (χ4v) is 2.08. The van der Waals surface area contributed by atoms with Crippen LogP contribution in [0.4, 0.5) is 14.5 Å². The van der Waals surface area contributed by atoms with Gasteiger partial charge in [0.1, 0.15) is 11.6 Å². The highest BCUT2D eigenvalue weighted by molar-refractivity contribution is 9.10. The van der Waals surface area contributed by atoms with E-state index < -0.39 is 11.6 Å². The Morgan fingerprint density at radius 1 is 1.37 bits per heavy atom. The van der Waals surface area contributed by atoms with E-state index in [4.69, 9.17) is 16.6 Å². The molecule has 100 valence electrons. The largest absolute Gasteiger partial charge is 0.467 e. The van der Waals surface area contributed by atoms with Crippen LogP contribution in [0.1, 0.15) is 5.76 Å². The fourth-order valence-electron chi connectivity index (χ4n) is 1.40. The Bertz CT molecular complexity index is 566. The van der Waals surface area contributed by atoms with Crippen molar-refractivity contribution in [2.45, 2.75) is 6.54 Å². The van der Waals surface area contributed by atoms with Crippen molar-refractivity contribution in [1.82, 2.24) is 5.32 Å². The number of furan rings is 1. The summed E-state index contributed by atoms with van der Waals surface area (Å²) in [6, 6.07) is 5.47. The molecule has 2 aromatic rings. The van der Waals surface area contributed by atoms with Gasteiger partial charge in [-0.15, -0.1) is 0 Å². The van der Waals surface area contributed by atoms with Crippen molar-refractivity contribution >= 4 is 38.9 Å². The molecule has 0 saturated carbocycles. The SMILES string of the molecule is Fc1cc(F)c(NC(=S)NCc2ccco2)c(Br)c1. The minimum Gasteiger partial charge on any atom is -0.467 e. The van der Waals surface area contributed by atoms with Crippen LogP contribution in [-0.4, -0.2) is 5.11 Å². The second-order valence-corrected chi connectivity index (χ2v) is 4.89. The molecule has 1 heterocycles. The molecule has 0 aliphatic heterocycles. The summed E-state index contributed by atoms with van der Waals surface area (Å²) in [5.74, 6) is -0.693. The minimum absolute atomic E-state index is 0.0818. The van der Waals surface area contributed by atoms with Gasteiger partial charge in [0.15, 0.2) is 10.9 Å². The van der Waals surface area contributed by atoms with Crippen LogP contribution >= 0.6 is 28.1 Å². The molecule has 2 N–H and O–H groups in total. The van der Waals surface area contributed by atoms with E-state index in [2.05, 4.69) is 26.6 Å². The van der Waals surface area contributed by atoms with E-state index in [-0.39, 0.29) is 15.3 Å². The average Bonchev–Trinajstić information content (AvgIpc) is 2.84. The van der Waals surface area contributed by atoms with Crippen molar-refractivity contribution < 1.29 is 13.2 Å². The van der Waals surface area contributed by atoms with Crippen molar-refractivity contribution in [1.29, 1.82) is 0 Å². The number of hydrogen-bond acceptors (Lipinski definition) is 2. The summed E-state index contributed by atoms with van der Waals surface area (Å²) >= 11 is 8.08. The molecule has 19 heavy (non-hydrogen) atoms. The summed E-state index contributed by atoms with van der Waals surface area (Å²) in [6.45, 7) is 0.374. The van der Waals surface area contributed by atoms with E-state index in [1.807, 2.05) is 0 Å². The van der Waals surface area contributed by atoms with Crippen LogP contribution in [0.2, 0.25) is 0 Å². The van der Waals surface area contributed by atoms with Crippen LogP contribution in [0.25, 0.3) is 0 Å². The summed E-state index contributed by atoms with van der Waals surface area (Å²) < 4.78 is 31.8. The second-order valence-electron chi connectivity index (χ2n) is 3.63. The molecule has 0 unspecified atom stereocenters. The van der Waals surface area contributed by atoms with Gasteiger partial charge in [-0.3, -0.25) is 0 Å². The first-order chi connectivity index (χ1) is 9.06. The minimum atomic E-state index is -0.728. The van der Waals surface area contributed by atoms with Gasteiger partial charge in [-0.25, -0.2) is 8.78 Å². The number of thiocarbonyl (C=S) groups is 1. The van der Waals surface area contributed by atoms with E-state index in [0.29, 0.717) is 12.3 Å².